The van der Waals surface area contributed by atoms with E-state index in [9.17, 15) is 8.42 Å². The molecule has 1 atom stereocenters. The largest absolute Gasteiger partial charge is 0.314 e. The number of sulfonamides is 1. The Bertz CT molecular complexity index is 551. The van der Waals surface area contributed by atoms with Crippen molar-refractivity contribution in [3.63, 3.8) is 0 Å². The van der Waals surface area contributed by atoms with E-state index < -0.39 is 10.0 Å². The van der Waals surface area contributed by atoms with Gasteiger partial charge in [-0.15, -0.1) is 12.4 Å². The molecule has 0 radical (unpaired) electrons. The van der Waals surface area contributed by atoms with Crippen molar-refractivity contribution in [3.05, 3.63) is 28.2 Å². The molecule has 0 aliphatic carbocycles. The monoisotopic (exact) mass is 344 g/mol. The number of halogens is 3. The first kappa shape index (κ1) is 17.0. The lowest BCUT2D eigenvalue weighted by Crippen LogP contribution is -2.52. The van der Waals surface area contributed by atoms with E-state index in [0.717, 1.165) is 0 Å². The Hall–Kier alpha value is -0.0400. The molecule has 0 spiro atoms. The van der Waals surface area contributed by atoms with E-state index >= 15 is 0 Å². The highest BCUT2D eigenvalue weighted by atomic mass is 35.5. The van der Waals surface area contributed by atoms with Crippen molar-refractivity contribution in [1.29, 1.82) is 0 Å². The van der Waals surface area contributed by atoms with Crippen LogP contribution in [0.3, 0.4) is 0 Å². The molecule has 108 valence electrons. The maximum atomic E-state index is 12.5. The molecular formula is C11H15Cl3N2O2S. The van der Waals surface area contributed by atoms with Gasteiger partial charge in [-0.05, 0) is 25.1 Å². The Morgan fingerprint density at radius 3 is 2.58 bits per heavy atom. The highest BCUT2D eigenvalue weighted by Gasteiger charge is 2.31. The summed E-state index contributed by atoms with van der Waals surface area (Å²) in [6.45, 7) is 3.65. The quantitative estimate of drug-likeness (QED) is 0.895. The normalized spacial score (nSPS) is 20.9. The molecule has 8 heteroatoms. The van der Waals surface area contributed by atoms with Gasteiger partial charge in [-0.2, -0.15) is 4.31 Å². The molecule has 1 aromatic rings. The summed E-state index contributed by atoms with van der Waals surface area (Å²) in [7, 11) is -3.50. The van der Waals surface area contributed by atoms with E-state index in [0.29, 0.717) is 24.7 Å². The molecule has 0 bridgehead atoms. The topological polar surface area (TPSA) is 49.4 Å². The van der Waals surface area contributed by atoms with Crippen LogP contribution in [0.5, 0.6) is 0 Å². The predicted octanol–water partition coefficient (Wildman–Crippen LogP) is 2.40. The van der Waals surface area contributed by atoms with Gasteiger partial charge in [-0.3, -0.25) is 0 Å². The van der Waals surface area contributed by atoms with Crippen LogP contribution in [-0.2, 0) is 10.0 Å². The minimum Gasteiger partial charge on any atom is -0.314 e. The fourth-order valence-electron chi connectivity index (χ4n) is 1.95. The molecular weight excluding hydrogens is 331 g/mol. The predicted molar refractivity (Wildman–Crippen MR) is 79.9 cm³/mol. The number of hydrogen-bond acceptors (Lipinski definition) is 3. The molecule has 1 saturated heterocycles. The molecule has 1 N–H and O–H groups in total. The molecule has 19 heavy (non-hydrogen) atoms. The lowest BCUT2D eigenvalue weighted by molar-refractivity contribution is 0.284. The van der Waals surface area contributed by atoms with Gasteiger partial charge in [0, 0.05) is 25.7 Å². The molecule has 1 aliphatic heterocycles. The van der Waals surface area contributed by atoms with E-state index in [1.54, 1.807) is 0 Å². The SMILES string of the molecule is CC1CNCCN1S(=O)(=O)c1ccc(Cl)c(Cl)c1.Cl. The Morgan fingerprint density at radius 2 is 2.00 bits per heavy atom. The van der Waals surface area contributed by atoms with Crippen LogP contribution >= 0.6 is 35.6 Å². The third-order valence-corrected chi connectivity index (χ3v) is 5.69. The summed E-state index contributed by atoms with van der Waals surface area (Å²) in [4.78, 5) is 0.186. The lowest BCUT2D eigenvalue weighted by Gasteiger charge is -2.32. The summed E-state index contributed by atoms with van der Waals surface area (Å²) in [6, 6.07) is 4.31. The minimum absolute atomic E-state index is 0. The van der Waals surface area contributed by atoms with Crippen molar-refractivity contribution in [1.82, 2.24) is 9.62 Å². The second-order valence-corrected chi connectivity index (χ2v) is 6.95. The van der Waals surface area contributed by atoms with Crippen LogP contribution in [0.15, 0.2) is 23.1 Å². The van der Waals surface area contributed by atoms with Crippen molar-refractivity contribution in [2.45, 2.75) is 17.9 Å². The molecule has 0 amide bonds. The fraction of sp³-hybridized carbons (Fsp3) is 0.455. The molecule has 1 fully saturated rings. The Morgan fingerprint density at radius 1 is 1.32 bits per heavy atom. The van der Waals surface area contributed by atoms with Crippen LogP contribution in [-0.4, -0.2) is 38.4 Å². The van der Waals surface area contributed by atoms with E-state index in [1.165, 1.54) is 22.5 Å². The van der Waals surface area contributed by atoms with Gasteiger partial charge in [-0.1, -0.05) is 23.2 Å². The smallest absolute Gasteiger partial charge is 0.243 e. The summed E-state index contributed by atoms with van der Waals surface area (Å²) in [6.07, 6.45) is 0. The number of hydrogen-bond donors (Lipinski definition) is 1. The summed E-state index contributed by atoms with van der Waals surface area (Å²) < 4.78 is 26.4. The van der Waals surface area contributed by atoms with Crippen LogP contribution in [0, 0.1) is 0 Å². The number of nitrogens with zero attached hydrogens (tertiary/aromatic N) is 1. The number of benzene rings is 1. The number of nitrogens with one attached hydrogen (secondary N) is 1. The van der Waals surface area contributed by atoms with Gasteiger partial charge < -0.3 is 5.32 Å². The van der Waals surface area contributed by atoms with Crippen LogP contribution in [0.4, 0.5) is 0 Å². The fourth-order valence-corrected chi connectivity index (χ4v) is 3.97. The van der Waals surface area contributed by atoms with Gasteiger partial charge in [-0.25, -0.2) is 8.42 Å². The summed E-state index contributed by atoms with van der Waals surface area (Å²) in [5, 5.41) is 3.76. The second-order valence-electron chi connectivity index (χ2n) is 4.24. The zero-order valence-electron chi connectivity index (χ0n) is 10.3. The third-order valence-electron chi connectivity index (χ3n) is 2.94. The number of piperazine rings is 1. The average Bonchev–Trinajstić information content (AvgIpc) is 2.33. The summed E-state index contributed by atoms with van der Waals surface area (Å²) in [5.41, 5.74) is 0. The van der Waals surface area contributed by atoms with E-state index in [-0.39, 0.29) is 28.4 Å². The molecule has 0 aromatic heterocycles. The average molecular weight is 346 g/mol. The van der Waals surface area contributed by atoms with Crippen LogP contribution < -0.4 is 5.32 Å². The van der Waals surface area contributed by atoms with Gasteiger partial charge in [0.2, 0.25) is 10.0 Å². The summed E-state index contributed by atoms with van der Waals surface area (Å²) >= 11 is 11.7. The van der Waals surface area contributed by atoms with Crippen molar-refractivity contribution in [3.8, 4) is 0 Å². The highest BCUT2D eigenvalue weighted by molar-refractivity contribution is 7.89. The van der Waals surface area contributed by atoms with Crippen molar-refractivity contribution in [2.24, 2.45) is 0 Å². The van der Waals surface area contributed by atoms with Crippen molar-refractivity contribution >= 4 is 45.6 Å². The van der Waals surface area contributed by atoms with Gasteiger partial charge in [0.1, 0.15) is 0 Å². The molecule has 0 saturated carbocycles. The van der Waals surface area contributed by atoms with E-state index in [4.69, 9.17) is 23.2 Å². The minimum atomic E-state index is -3.50. The van der Waals surface area contributed by atoms with Gasteiger partial charge in [0.25, 0.3) is 0 Å². The lowest BCUT2D eigenvalue weighted by atomic mass is 10.3. The maximum absolute atomic E-state index is 12.5. The Kier molecular flexibility index (Phi) is 5.92. The molecule has 1 heterocycles. The summed E-state index contributed by atoms with van der Waals surface area (Å²) in [5.74, 6) is 0. The van der Waals surface area contributed by atoms with Gasteiger partial charge in [0.05, 0.1) is 14.9 Å². The standard InChI is InChI=1S/C11H14Cl2N2O2S.ClH/c1-8-7-14-4-5-15(8)18(16,17)9-2-3-10(12)11(13)6-9;/h2-3,6,8,14H,4-5,7H2,1H3;1H. The molecule has 1 aliphatic rings. The zero-order chi connectivity index (χ0) is 13.3. The zero-order valence-corrected chi connectivity index (χ0v) is 13.4. The maximum Gasteiger partial charge on any atom is 0.243 e. The molecule has 1 aromatic carbocycles. The molecule has 2 rings (SSSR count). The first-order valence-corrected chi connectivity index (χ1v) is 7.80. The number of rotatable bonds is 2. The Balaban J connectivity index is 0.00000180. The van der Waals surface area contributed by atoms with Crippen molar-refractivity contribution in [2.75, 3.05) is 19.6 Å². The first-order valence-electron chi connectivity index (χ1n) is 5.60. The van der Waals surface area contributed by atoms with E-state index in [1.807, 2.05) is 6.92 Å². The van der Waals surface area contributed by atoms with Crippen LogP contribution in [0.2, 0.25) is 10.0 Å². The van der Waals surface area contributed by atoms with Crippen LogP contribution in [0.25, 0.3) is 0 Å². The second kappa shape index (κ2) is 6.61. The molecule has 4 nitrogen and oxygen atoms in total. The van der Waals surface area contributed by atoms with Crippen molar-refractivity contribution < 1.29 is 8.42 Å². The highest BCUT2D eigenvalue weighted by Crippen LogP contribution is 2.27. The first-order chi connectivity index (χ1) is 8.43. The van der Waals surface area contributed by atoms with Crippen LogP contribution in [0.1, 0.15) is 6.92 Å². The van der Waals surface area contributed by atoms with Gasteiger partial charge in [0.15, 0.2) is 0 Å². The third kappa shape index (κ3) is 3.54. The van der Waals surface area contributed by atoms with Gasteiger partial charge >= 0.3 is 0 Å². The van der Waals surface area contributed by atoms with E-state index in [2.05, 4.69) is 5.32 Å². The molecule has 1 unspecified atom stereocenters. The Labute approximate surface area is 129 Å².